The highest BCUT2D eigenvalue weighted by atomic mass is 35.5. The van der Waals surface area contributed by atoms with Gasteiger partial charge in [0.15, 0.2) is 5.82 Å². The van der Waals surface area contributed by atoms with E-state index >= 15 is 0 Å². The lowest BCUT2D eigenvalue weighted by Gasteiger charge is -2.18. The maximum absolute atomic E-state index is 14.5. The van der Waals surface area contributed by atoms with Crippen LogP contribution in [-0.2, 0) is 4.74 Å². The van der Waals surface area contributed by atoms with Gasteiger partial charge in [-0.15, -0.1) is 0 Å². The third-order valence-electron chi connectivity index (χ3n) is 5.25. The molecule has 0 radical (unpaired) electrons. The Bertz CT molecular complexity index is 1290. The van der Waals surface area contributed by atoms with Gasteiger partial charge in [-0.3, -0.25) is 9.67 Å². The van der Waals surface area contributed by atoms with E-state index in [1.165, 1.54) is 47.7 Å². The van der Waals surface area contributed by atoms with Gasteiger partial charge in [-0.25, -0.2) is 9.07 Å². The molecule has 0 spiro atoms. The van der Waals surface area contributed by atoms with Crippen LogP contribution in [0.15, 0.2) is 55.1 Å². The summed E-state index contributed by atoms with van der Waals surface area (Å²) in [5.41, 5.74) is 7.36. The lowest BCUT2D eigenvalue weighted by atomic mass is 10.0. The van der Waals surface area contributed by atoms with Crippen molar-refractivity contribution in [1.29, 1.82) is 0 Å². The average Bonchev–Trinajstić information content (AvgIpc) is 3.50. The molecule has 13 heteroatoms. The van der Waals surface area contributed by atoms with Gasteiger partial charge in [0.25, 0.3) is 0 Å². The zero-order valence-corrected chi connectivity index (χ0v) is 18.6. The molecule has 0 aliphatic carbocycles. The van der Waals surface area contributed by atoms with Crippen molar-refractivity contribution in [1.82, 2.24) is 24.5 Å². The van der Waals surface area contributed by atoms with E-state index < -0.39 is 25.0 Å². The minimum atomic E-state index is -2.96. The van der Waals surface area contributed by atoms with Crippen LogP contribution in [-0.4, -0.2) is 37.8 Å². The molecule has 0 fully saturated rings. The minimum absolute atomic E-state index is 0.0413. The van der Waals surface area contributed by atoms with Crippen LogP contribution in [0, 0.1) is 5.82 Å². The number of ether oxygens (including phenoxy) is 1. The number of hydrogen-bond acceptors (Lipinski definition) is 5. The largest absolute Gasteiger partial charge is 0.398 e. The van der Waals surface area contributed by atoms with E-state index in [0.29, 0.717) is 21.5 Å². The fourth-order valence-electron chi connectivity index (χ4n) is 3.63. The molecule has 0 aliphatic heterocycles. The number of benzene rings is 1. The molecule has 0 bridgehead atoms. The van der Waals surface area contributed by atoms with Gasteiger partial charge in [0.2, 0.25) is 0 Å². The second kappa shape index (κ2) is 10.4. The zero-order chi connectivity index (χ0) is 25.1. The smallest absolute Gasteiger partial charge is 0.345 e. The summed E-state index contributed by atoms with van der Waals surface area (Å²) in [7, 11) is 0. The highest BCUT2D eigenvalue weighted by molar-refractivity contribution is 6.31. The summed E-state index contributed by atoms with van der Waals surface area (Å²) in [4.78, 5) is 4.35. The number of rotatable bonds is 9. The number of aromatic nitrogens is 5. The van der Waals surface area contributed by atoms with Gasteiger partial charge in [0.1, 0.15) is 0 Å². The molecule has 35 heavy (non-hydrogen) atoms. The molecular formula is C22H18ClF5N6O. The van der Waals surface area contributed by atoms with Gasteiger partial charge in [0.05, 0.1) is 35.3 Å². The van der Waals surface area contributed by atoms with Crippen LogP contribution < -0.4 is 5.73 Å². The molecule has 4 aromatic rings. The molecule has 0 aliphatic rings. The van der Waals surface area contributed by atoms with E-state index in [1.54, 1.807) is 12.1 Å². The van der Waals surface area contributed by atoms with Crippen LogP contribution in [0.3, 0.4) is 0 Å². The van der Waals surface area contributed by atoms with Crippen molar-refractivity contribution in [3.8, 4) is 22.4 Å². The van der Waals surface area contributed by atoms with Crippen molar-refractivity contribution in [3.05, 3.63) is 71.7 Å². The third kappa shape index (κ3) is 5.28. The lowest BCUT2D eigenvalue weighted by molar-refractivity contribution is -0.130. The summed E-state index contributed by atoms with van der Waals surface area (Å²) in [6, 6.07) is 6.64. The highest BCUT2D eigenvalue weighted by Gasteiger charge is 2.21. The number of halogens is 6. The van der Waals surface area contributed by atoms with Crippen molar-refractivity contribution in [2.24, 2.45) is 0 Å². The molecule has 184 valence electrons. The number of hydrogen-bond donors (Lipinski definition) is 1. The number of nitrogen functional groups attached to an aromatic ring is 1. The molecule has 7 nitrogen and oxygen atoms in total. The normalized spacial score (nSPS) is 12.6. The standard InChI is InChI=1S/C22H18ClF5N6O/c23-14-2-3-15(29)19(20(14)24)12-1-4-16(30-9-12)18(6-8-35-22(27)28)33-11-13(10-32-33)17-5-7-31-34(17)21(25)26/h1-5,7,9-11,18,21-22H,6,8,29H2. The van der Waals surface area contributed by atoms with Crippen molar-refractivity contribution in [2.45, 2.75) is 25.6 Å². The van der Waals surface area contributed by atoms with Gasteiger partial charge >= 0.3 is 13.2 Å². The van der Waals surface area contributed by atoms with Crippen LogP contribution in [0.2, 0.25) is 5.02 Å². The molecule has 0 saturated carbocycles. The molecule has 1 unspecified atom stereocenters. The first kappa shape index (κ1) is 24.6. The maximum atomic E-state index is 14.5. The molecule has 0 saturated heterocycles. The molecule has 1 aromatic carbocycles. The van der Waals surface area contributed by atoms with E-state index in [4.69, 9.17) is 17.3 Å². The summed E-state index contributed by atoms with van der Waals surface area (Å²) in [5, 5.41) is 7.71. The SMILES string of the molecule is Nc1ccc(Cl)c(F)c1-c1ccc(C(CCOC(F)F)n2cc(-c3ccnn3C(F)F)cn2)nc1. The van der Waals surface area contributed by atoms with Gasteiger partial charge in [-0.05, 0) is 30.7 Å². The zero-order valence-electron chi connectivity index (χ0n) is 17.8. The maximum Gasteiger partial charge on any atom is 0.345 e. The predicted molar refractivity (Wildman–Crippen MR) is 118 cm³/mol. The summed E-state index contributed by atoms with van der Waals surface area (Å²) < 4.78 is 72.4. The first-order valence-corrected chi connectivity index (χ1v) is 10.6. The van der Waals surface area contributed by atoms with Gasteiger partial charge < -0.3 is 10.5 Å². The highest BCUT2D eigenvalue weighted by Crippen LogP contribution is 2.34. The fraction of sp³-hybridized carbons (Fsp3) is 0.227. The van der Waals surface area contributed by atoms with Crippen molar-refractivity contribution in [2.75, 3.05) is 12.3 Å². The number of anilines is 1. The molecule has 4 rings (SSSR count). The van der Waals surface area contributed by atoms with Crippen LogP contribution in [0.4, 0.5) is 27.6 Å². The summed E-state index contributed by atoms with van der Waals surface area (Å²) in [6.45, 7) is -6.15. The van der Waals surface area contributed by atoms with Crippen LogP contribution >= 0.6 is 11.6 Å². The number of pyridine rings is 1. The summed E-state index contributed by atoms with van der Waals surface area (Å²) in [5.74, 6) is -0.699. The van der Waals surface area contributed by atoms with Crippen molar-refractivity contribution < 1.29 is 26.7 Å². The Hall–Kier alpha value is -3.51. The predicted octanol–water partition coefficient (Wildman–Crippen LogP) is 5.80. The molecule has 3 heterocycles. The Balaban J connectivity index is 1.67. The number of nitrogens with zero attached hydrogens (tertiary/aromatic N) is 5. The Morgan fingerprint density at radius 1 is 1.00 bits per heavy atom. The molecular weight excluding hydrogens is 495 g/mol. The van der Waals surface area contributed by atoms with Crippen molar-refractivity contribution in [3.63, 3.8) is 0 Å². The average molecular weight is 513 g/mol. The Morgan fingerprint density at radius 3 is 2.49 bits per heavy atom. The van der Waals surface area contributed by atoms with E-state index in [2.05, 4.69) is 19.9 Å². The van der Waals surface area contributed by atoms with E-state index in [-0.39, 0.29) is 35.0 Å². The quantitative estimate of drug-likeness (QED) is 0.226. The van der Waals surface area contributed by atoms with E-state index in [9.17, 15) is 22.0 Å². The second-order valence-corrected chi connectivity index (χ2v) is 7.79. The van der Waals surface area contributed by atoms with Crippen LogP contribution in [0.5, 0.6) is 0 Å². The number of nitrogens with two attached hydrogens (primary N) is 1. The van der Waals surface area contributed by atoms with Crippen LogP contribution in [0.25, 0.3) is 22.4 Å². The van der Waals surface area contributed by atoms with E-state index in [1.807, 2.05) is 0 Å². The van der Waals surface area contributed by atoms with Crippen molar-refractivity contribution >= 4 is 17.3 Å². The van der Waals surface area contributed by atoms with Gasteiger partial charge in [-0.1, -0.05) is 17.7 Å². The first-order chi connectivity index (χ1) is 16.8. The third-order valence-corrected chi connectivity index (χ3v) is 5.54. The minimum Gasteiger partial charge on any atom is -0.398 e. The Morgan fingerprint density at radius 2 is 1.80 bits per heavy atom. The van der Waals surface area contributed by atoms with Crippen LogP contribution in [0.1, 0.15) is 24.7 Å². The molecule has 2 N–H and O–H groups in total. The van der Waals surface area contributed by atoms with E-state index in [0.717, 1.165) is 0 Å². The summed E-state index contributed by atoms with van der Waals surface area (Å²) >= 11 is 5.86. The number of alkyl halides is 4. The monoisotopic (exact) mass is 512 g/mol. The molecule has 3 aromatic heterocycles. The first-order valence-electron chi connectivity index (χ1n) is 10.2. The Kier molecular flexibility index (Phi) is 7.31. The van der Waals surface area contributed by atoms with Gasteiger partial charge in [0, 0.05) is 41.0 Å². The molecule has 0 amide bonds. The van der Waals surface area contributed by atoms with Gasteiger partial charge in [-0.2, -0.15) is 27.8 Å². The molecule has 1 atom stereocenters. The second-order valence-electron chi connectivity index (χ2n) is 7.38. The topological polar surface area (TPSA) is 83.8 Å². The lowest BCUT2D eigenvalue weighted by Crippen LogP contribution is -2.16. The summed E-state index contributed by atoms with van der Waals surface area (Å²) in [6.07, 6.45) is 5.48. The fourth-order valence-corrected chi connectivity index (χ4v) is 3.79. The Labute approximate surface area is 200 Å².